The Morgan fingerprint density at radius 2 is 1.79 bits per heavy atom. The van der Waals surface area contributed by atoms with E-state index in [4.69, 9.17) is 0 Å². The van der Waals surface area contributed by atoms with E-state index in [2.05, 4.69) is 35.8 Å². The minimum absolute atomic E-state index is 0. The van der Waals surface area contributed by atoms with Gasteiger partial charge in [-0.05, 0) is 25.1 Å². The Morgan fingerprint density at radius 1 is 1.12 bits per heavy atom. The minimum Gasteiger partial charge on any atom is -0.288 e. The molecule has 1 heterocycles. The van der Waals surface area contributed by atoms with Crippen LogP contribution in [0.3, 0.4) is 0 Å². The van der Waals surface area contributed by atoms with Crippen molar-refractivity contribution in [2.45, 2.75) is 20.4 Å². The average molecular weight is 451 g/mol. The SMILES string of the molecule is CC[n+]1c(/C=C/N(C(C)=O)c2ccccc2)sc2ccccc21.I. The van der Waals surface area contributed by atoms with Crippen molar-refractivity contribution in [3.8, 4) is 0 Å². The molecule has 1 aromatic heterocycles. The number of para-hydroxylation sites is 2. The molecule has 0 radical (unpaired) electrons. The van der Waals surface area contributed by atoms with Gasteiger partial charge in [-0.3, -0.25) is 9.69 Å². The first-order chi connectivity index (χ1) is 11.2. The first-order valence-corrected chi connectivity index (χ1v) is 8.46. The van der Waals surface area contributed by atoms with Crippen molar-refractivity contribution >= 4 is 63.2 Å². The molecule has 3 nitrogen and oxygen atoms in total. The predicted octanol–water partition coefficient (Wildman–Crippen LogP) is 4.85. The zero-order valence-electron chi connectivity index (χ0n) is 13.7. The highest BCUT2D eigenvalue weighted by atomic mass is 127. The van der Waals surface area contributed by atoms with Gasteiger partial charge >= 0.3 is 0 Å². The molecule has 0 aliphatic carbocycles. The number of hydrogen-bond acceptors (Lipinski definition) is 2. The number of rotatable bonds is 4. The zero-order valence-corrected chi connectivity index (χ0v) is 16.8. The summed E-state index contributed by atoms with van der Waals surface area (Å²) in [5.41, 5.74) is 2.11. The predicted molar refractivity (Wildman–Crippen MR) is 112 cm³/mol. The highest BCUT2D eigenvalue weighted by Gasteiger charge is 2.17. The van der Waals surface area contributed by atoms with Gasteiger partial charge in [0.2, 0.25) is 11.4 Å². The summed E-state index contributed by atoms with van der Waals surface area (Å²) in [7, 11) is 0. The molecule has 0 aliphatic heterocycles. The van der Waals surface area contributed by atoms with E-state index in [0.717, 1.165) is 17.2 Å². The van der Waals surface area contributed by atoms with E-state index in [1.54, 1.807) is 23.2 Å². The number of amides is 1. The summed E-state index contributed by atoms with van der Waals surface area (Å²) in [6, 6.07) is 18.1. The maximum atomic E-state index is 12.0. The van der Waals surface area contributed by atoms with Gasteiger partial charge in [-0.1, -0.05) is 41.7 Å². The van der Waals surface area contributed by atoms with E-state index in [0.29, 0.717) is 0 Å². The molecule has 0 N–H and O–H groups in total. The van der Waals surface area contributed by atoms with Gasteiger partial charge in [0.15, 0.2) is 0 Å². The fourth-order valence-corrected chi connectivity index (χ4v) is 3.72. The van der Waals surface area contributed by atoms with Crippen LogP contribution in [-0.4, -0.2) is 5.91 Å². The van der Waals surface area contributed by atoms with Gasteiger partial charge in [0.1, 0.15) is 11.2 Å². The molecule has 2 aromatic carbocycles. The van der Waals surface area contributed by atoms with E-state index < -0.39 is 0 Å². The van der Waals surface area contributed by atoms with Gasteiger partial charge in [-0.2, -0.15) is 4.57 Å². The second-order valence-electron chi connectivity index (χ2n) is 5.19. The Balaban J connectivity index is 0.00000208. The summed E-state index contributed by atoms with van der Waals surface area (Å²) in [5, 5.41) is 1.14. The lowest BCUT2D eigenvalue weighted by Gasteiger charge is -2.15. The van der Waals surface area contributed by atoms with E-state index in [9.17, 15) is 4.79 Å². The number of aromatic nitrogens is 1. The molecule has 1 amide bonds. The van der Waals surface area contributed by atoms with Gasteiger partial charge in [0.25, 0.3) is 5.01 Å². The topological polar surface area (TPSA) is 24.2 Å². The van der Waals surface area contributed by atoms with E-state index in [1.165, 1.54) is 10.2 Å². The number of carbonyl (C=O) groups is 1. The lowest BCUT2D eigenvalue weighted by molar-refractivity contribution is -0.665. The standard InChI is InChI=1S/C19H19N2OS.HI/c1-3-20-17-11-7-8-12-18(17)23-19(20)13-14-21(15(2)22)16-9-5-4-6-10-16;/h4-14H,3H2,1-2H3;1H/q+1;. The molecule has 124 valence electrons. The Morgan fingerprint density at radius 3 is 2.46 bits per heavy atom. The summed E-state index contributed by atoms with van der Waals surface area (Å²) in [4.78, 5) is 13.6. The Hall–Kier alpha value is -1.73. The monoisotopic (exact) mass is 451 g/mol. The van der Waals surface area contributed by atoms with Crippen LogP contribution in [0.15, 0.2) is 60.8 Å². The number of halogens is 1. The molecule has 0 aliphatic rings. The van der Waals surface area contributed by atoms with Crippen LogP contribution in [0.5, 0.6) is 0 Å². The number of benzene rings is 2. The molecule has 3 rings (SSSR count). The second-order valence-corrected chi connectivity index (χ2v) is 6.25. The number of nitrogens with zero attached hydrogens (tertiary/aromatic N) is 2. The third-order valence-electron chi connectivity index (χ3n) is 3.69. The summed E-state index contributed by atoms with van der Waals surface area (Å²) in [6.07, 6.45) is 3.87. The van der Waals surface area contributed by atoms with Crippen molar-refractivity contribution in [1.29, 1.82) is 0 Å². The molecule has 0 fully saturated rings. The second kappa shape index (κ2) is 8.39. The summed E-state index contributed by atoms with van der Waals surface area (Å²) in [6.45, 7) is 4.61. The lowest BCUT2D eigenvalue weighted by Crippen LogP contribution is -2.33. The van der Waals surface area contributed by atoms with Crippen LogP contribution in [0.25, 0.3) is 16.3 Å². The van der Waals surface area contributed by atoms with Crippen LogP contribution in [-0.2, 0) is 11.3 Å². The first-order valence-electron chi connectivity index (χ1n) is 7.65. The van der Waals surface area contributed by atoms with Gasteiger partial charge in [0.05, 0.1) is 0 Å². The number of thiazole rings is 1. The van der Waals surface area contributed by atoms with Gasteiger partial charge in [-0.15, -0.1) is 24.0 Å². The molecule has 0 saturated carbocycles. The number of carbonyl (C=O) groups excluding carboxylic acids is 1. The summed E-state index contributed by atoms with van der Waals surface area (Å²) in [5.74, 6) is -0.00314. The summed E-state index contributed by atoms with van der Waals surface area (Å²) < 4.78 is 3.52. The van der Waals surface area contributed by atoms with Gasteiger partial charge in [-0.25, -0.2) is 0 Å². The number of anilines is 1. The van der Waals surface area contributed by atoms with Gasteiger partial charge < -0.3 is 0 Å². The van der Waals surface area contributed by atoms with Crippen LogP contribution >= 0.6 is 35.3 Å². The quantitative estimate of drug-likeness (QED) is 0.411. The Labute approximate surface area is 163 Å². The third kappa shape index (κ3) is 3.84. The molecule has 24 heavy (non-hydrogen) atoms. The van der Waals surface area contributed by atoms with Crippen LogP contribution in [0, 0.1) is 0 Å². The van der Waals surface area contributed by atoms with Crippen molar-refractivity contribution in [1.82, 2.24) is 0 Å². The highest BCUT2D eigenvalue weighted by Crippen LogP contribution is 2.22. The largest absolute Gasteiger partial charge is 0.288 e. The first kappa shape index (κ1) is 18.6. The minimum atomic E-state index is -0.00314. The highest BCUT2D eigenvalue weighted by molar-refractivity contribution is 14.0. The van der Waals surface area contributed by atoms with Crippen molar-refractivity contribution in [2.75, 3.05) is 4.90 Å². The van der Waals surface area contributed by atoms with E-state index in [1.807, 2.05) is 42.6 Å². The maximum absolute atomic E-state index is 12.0. The molecule has 5 heteroatoms. The van der Waals surface area contributed by atoms with Crippen molar-refractivity contribution < 1.29 is 9.36 Å². The zero-order chi connectivity index (χ0) is 16.2. The fraction of sp³-hybridized carbons (Fsp3) is 0.158. The van der Waals surface area contributed by atoms with Crippen LogP contribution < -0.4 is 9.47 Å². The molecule has 0 atom stereocenters. The Kier molecular flexibility index (Phi) is 6.51. The fourth-order valence-electron chi connectivity index (χ4n) is 2.60. The third-order valence-corrected chi connectivity index (χ3v) is 4.82. The number of hydrogen-bond donors (Lipinski definition) is 0. The summed E-state index contributed by atoms with van der Waals surface area (Å²) >= 11 is 1.74. The molecular weight excluding hydrogens is 431 g/mol. The number of aryl methyl sites for hydroxylation is 1. The number of fused-ring (bicyclic) bond motifs is 1. The van der Waals surface area contributed by atoms with E-state index >= 15 is 0 Å². The van der Waals surface area contributed by atoms with Crippen molar-refractivity contribution in [2.24, 2.45) is 0 Å². The van der Waals surface area contributed by atoms with Crippen LogP contribution in [0.4, 0.5) is 5.69 Å². The van der Waals surface area contributed by atoms with Crippen LogP contribution in [0.2, 0.25) is 0 Å². The van der Waals surface area contributed by atoms with Crippen molar-refractivity contribution in [3.05, 3.63) is 65.8 Å². The molecule has 0 unspecified atom stereocenters. The molecule has 0 spiro atoms. The van der Waals surface area contributed by atoms with E-state index in [-0.39, 0.29) is 29.9 Å². The molecule has 3 aromatic rings. The van der Waals surface area contributed by atoms with Crippen LogP contribution in [0.1, 0.15) is 18.9 Å². The van der Waals surface area contributed by atoms with Gasteiger partial charge in [0, 0.05) is 31.0 Å². The average Bonchev–Trinajstić information content (AvgIpc) is 2.93. The molecule has 0 bridgehead atoms. The Bertz CT molecular complexity index is 858. The molecule has 0 saturated heterocycles. The normalized spacial score (nSPS) is 10.8. The maximum Gasteiger partial charge on any atom is 0.264 e. The van der Waals surface area contributed by atoms with Crippen molar-refractivity contribution in [3.63, 3.8) is 0 Å². The smallest absolute Gasteiger partial charge is 0.264 e. The lowest BCUT2D eigenvalue weighted by atomic mass is 10.3. The molecular formula is C19H20IN2OS+.